The molecule has 110 valence electrons. The van der Waals surface area contributed by atoms with Gasteiger partial charge in [0.25, 0.3) is 0 Å². The van der Waals surface area contributed by atoms with Crippen molar-refractivity contribution in [3.8, 4) is 5.75 Å². The molecule has 0 saturated heterocycles. The van der Waals surface area contributed by atoms with Gasteiger partial charge >= 0.3 is 0 Å². The number of hydrogen-bond donors (Lipinski definition) is 1. The van der Waals surface area contributed by atoms with Crippen LogP contribution < -0.4 is 10.1 Å². The first kappa shape index (κ1) is 13.8. The number of rotatable bonds is 4. The summed E-state index contributed by atoms with van der Waals surface area (Å²) in [5, 5.41) is 3.76. The van der Waals surface area contributed by atoms with Crippen molar-refractivity contribution in [2.24, 2.45) is 5.92 Å². The first-order valence-corrected chi connectivity index (χ1v) is 8.37. The molecule has 3 rings (SSSR count). The van der Waals surface area contributed by atoms with E-state index >= 15 is 0 Å². The summed E-state index contributed by atoms with van der Waals surface area (Å²) < 4.78 is 5.58. The fourth-order valence-electron chi connectivity index (χ4n) is 3.73. The van der Waals surface area contributed by atoms with E-state index in [0.29, 0.717) is 6.04 Å². The molecular weight excluding hydrogens is 246 g/mol. The summed E-state index contributed by atoms with van der Waals surface area (Å²) in [6.07, 6.45) is 10.7. The van der Waals surface area contributed by atoms with Crippen LogP contribution in [0.1, 0.15) is 57.4 Å². The van der Waals surface area contributed by atoms with Crippen LogP contribution in [-0.4, -0.2) is 12.6 Å². The fourth-order valence-corrected chi connectivity index (χ4v) is 3.73. The maximum atomic E-state index is 5.58. The lowest BCUT2D eigenvalue weighted by atomic mass is 9.95. The summed E-state index contributed by atoms with van der Waals surface area (Å²) in [7, 11) is 0. The van der Waals surface area contributed by atoms with Crippen LogP contribution in [0, 0.1) is 5.92 Å². The monoisotopic (exact) mass is 273 g/mol. The molecule has 1 fully saturated rings. The standard InChI is InChI=1S/C18H27NO/c1-2-4-14-5-3-6-16(8-7-14)19-17-9-10-18-15(13-17)11-12-20-18/h9-10,13-14,16,19H,2-8,11-12H2,1H3. The van der Waals surface area contributed by atoms with Crippen LogP contribution in [0.5, 0.6) is 5.75 Å². The average Bonchev–Trinajstić information content (AvgIpc) is 2.81. The maximum absolute atomic E-state index is 5.58. The van der Waals surface area contributed by atoms with Gasteiger partial charge in [-0.2, -0.15) is 0 Å². The highest BCUT2D eigenvalue weighted by Crippen LogP contribution is 2.31. The van der Waals surface area contributed by atoms with Crippen molar-refractivity contribution < 1.29 is 4.74 Å². The molecule has 1 saturated carbocycles. The maximum Gasteiger partial charge on any atom is 0.122 e. The zero-order valence-electron chi connectivity index (χ0n) is 12.7. The Morgan fingerprint density at radius 2 is 2.15 bits per heavy atom. The Bertz CT molecular complexity index is 443. The molecule has 1 N–H and O–H groups in total. The van der Waals surface area contributed by atoms with Gasteiger partial charge in [-0.3, -0.25) is 0 Å². The number of fused-ring (bicyclic) bond motifs is 1. The Kier molecular flexibility index (Phi) is 4.49. The van der Waals surface area contributed by atoms with Crippen molar-refractivity contribution in [1.29, 1.82) is 0 Å². The Morgan fingerprint density at radius 3 is 3.05 bits per heavy atom. The van der Waals surface area contributed by atoms with E-state index in [1.165, 1.54) is 56.2 Å². The van der Waals surface area contributed by atoms with Crippen molar-refractivity contribution in [3.05, 3.63) is 23.8 Å². The van der Waals surface area contributed by atoms with E-state index in [1.54, 1.807) is 0 Å². The first-order chi connectivity index (χ1) is 9.85. The Morgan fingerprint density at radius 1 is 1.20 bits per heavy atom. The minimum Gasteiger partial charge on any atom is -0.493 e. The summed E-state index contributed by atoms with van der Waals surface area (Å²) in [6, 6.07) is 7.26. The zero-order chi connectivity index (χ0) is 13.8. The third-order valence-electron chi connectivity index (χ3n) is 4.85. The van der Waals surface area contributed by atoms with Crippen LogP contribution in [0.2, 0.25) is 0 Å². The zero-order valence-corrected chi connectivity index (χ0v) is 12.7. The lowest BCUT2D eigenvalue weighted by Gasteiger charge is -2.18. The predicted octanol–water partition coefficient (Wildman–Crippen LogP) is 4.78. The Labute approximate surface area is 122 Å². The summed E-state index contributed by atoms with van der Waals surface area (Å²) in [6.45, 7) is 3.16. The summed E-state index contributed by atoms with van der Waals surface area (Å²) in [5.41, 5.74) is 2.65. The topological polar surface area (TPSA) is 21.3 Å². The van der Waals surface area contributed by atoms with E-state index in [9.17, 15) is 0 Å². The van der Waals surface area contributed by atoms with Crippen LogP contribution in [-0.2, 0) is 6.42 Å². The highest BCUT2D eigenvalue weighted by molar-refractivity contribution is 5.52. The van der Waals surface area contributed by atoms with Crippen LogP contribution >= 0.6 is 0 Å². The van der Waals surface area contributed by atoms with Crippen LogP contribution in [0.3, 0.4) is 0 Å². The van der Waals surface area contributed by atoms with Gasteiger partial charge in [0.1, 0.15) is 5.75 Å². The molecule has 1 aliphatic heterocycles. The van der Waals surface area contributed by atoms with Gasteiger partial charge in [0.2, 0.25) is 0 Å². The predicted molar refractivity (Wildman–Crippen MR) is 84.5 cm³/mol. The minimum absolute atomic E-state index is 0.664. The second-order valence-corrected chi connectivity index (χ2v) is 6.43. The molecule has 2 nitrogen and oxygen atoms in total. The number of anilines is 1. The van der Waals surface area contributed by atoms with E-state index in [2.05, 4.69) is 30.4 Å². The smallest absolute Gasteiger partial charge is 0.122 e. The quantitative estimate of drug-likeness (QED) is 0.797. The van der Waals surface area contributed by atoms with E-state index < -0.39 is 0 Å². The average molecular weight is 273 g/mol. The molecule has 2 atom stereocenters. The molecule has 1 heterocycles. The third-order valence-corrected chi connectivity index (χ3v) is 4.85. The van der Waals surface area contributed by atoms with E-state index in [4.69, 9.17) is 4.74 Å². The lowest BCUT2D eigenvalue weighted by Crippen LogP contribution is -2.18. The number of nitrogens with one attached hydrogen (secondary N) is 1. The van der Waals surface area contributed by atoms with Crippen molar-refractivity contribution in [2.45, 2.75) is 64.3 Å². The van der Waals surface area contributed by atoms with Crippen LogP contribution in [0.15, 0.2) is 18.2 Å². The molecule has 1 aliphatic carbocycles. The van der Waals surface area contributed by atoms with Gasteiger partial charge in [-0.15, -0.1) is 0 Å². The molecule has 0 aromatic heterocycles. The lowest BCUT2D eigenvalue weighted by molar-refractivity contribution is 0.357. The van der Waals surface area contributed by atoms with Gasteiger partial charge in [-0.05, 0) is 48.9 Å². The van der Waals surface area contributed by atoms with E-state index in [1.807, 2.05) is 0 Å². The number of ether oxygens (including phenoxy) is 1. The second kappa shape index (κ2) is 6.51. The van der Waals surface area contributed by atoms with Gasteiger partial charge in [-0.1, -0.05) is 32.6 Å². The van der Waals surface area contributed by atoms with Crippen molar-refractivity contribution in [1.82, 2.24) is 0 Å². The highest BCUT2D eigenvalue weighted by atomic mass is 16.5. The molecule has 20 heavy (non-hydrogen) atoms. The van der Waals surface area contributed by atoms with Gasteiger partial charge in [0.15, 0.2) is 0 Å². The minimum atomic E-state index is 0.664. The molecule has 2 aliphatic rings. The van der Waals surface area contributed by atoms with Crippen molar-refractivity contribution in [2.75, 3.05) is 11.9 Å². The second-order valence-electron chi connectivity index (χ2n) is 6.43. The number of benzene rings is 1. The van der Waals surface area contributed by atoms with Crippen molar-refractivity contribution >= 4 is 5.69 Å². The number of hydrogen-bond acceptors (Lipinski definition) is 2. The molecule has 1 aromatic carbocycles. The fraction of sp³-hybridized carbons (Fsp3) is 0.667. The molecule has 0 radical (unpaired) electrons. The van der Waals surface area contributed by atoms with Gasteiger partial charge in [0.05, 0.1) is 6.61 Å². The first-order valence-electron chi connectivity index (χ1n) is 8.37. The van der Waals surface area contributed by atoms with Crippen LogP contribution in [0.4, 0.5) is 5.69 Å². The van der Waals surface area contributed by atoms with Crippen molar-refractivity contribution in [3.63, 3.8) is 0 Å². The molecule has 0 amide bonds. The molecule has 1 aromatic rings. The molecule has 0 spiro atoms. The van der Waals surface area contributed by atoms with E-state index in [-0.39, 0.29) is 0 Å². The Balaban J connectivity index is 1.57. The summed E-state index contributed by atoms with van der Waals surface area (Å²) >= 11 is 0. The van der Waals surface area contributed by atoms with Gasteiger partial charge < -0.3 is 10.1 Å². The SMILES string of the molecule is CCCC1CCCC(Nc2ccc3c(c2)CCO3)CC1. The Hall–Kier alpha value is -1.18. The largest absolute Gasteiger partial charge is 0.493 e. The summed E-state index contributed by atoms with van der Waals surface area (Å²) in [5.74, 6) is 2.06. The highest BCUT2D eigenvalue weighted by Gasteiger charge is 2.19. The van der Waals surface area contributed by atoms with Gasteiger partial charge in [0, 0.05) is 18.2 Å². The molecule has 0 bridgehead atoms. The van der Waals surface area contributed by atoms with Crippen LogP contribution in [0.25, 0.3) is 0 Å². The summed E-state index contributed by atoms with van der Waals surface area (Å²) in [4.78, 5) is 0. The molecular formula is C18H27NO. The third kappa shape index (κ3) is 3.28. The molecule has 2 unspecified atom stereocenters. The van der Waals surface area contributed by atoms with E-state index in [0.717, 1.165) is 24.7 Å². The van der Waals surface area contributed by atoms with Gasteiger partial charge in [-0.25, -0.2) is 0 Å². The normalized spacial score (nSPS) is 25.6. The molecule has 2 heteroatoms.